The second kappa shape index (κ2) is 9.56. The summed E-state index contributed by atoms with van der Waals surface area (Å²) >= 11 is 0. The van der Waals surface area contributed by atoms with Crippen LogP contribution < -0.4 is 16.2 Å². The molecule has 2 heterocycles. The Bertz CT molecular complexity index is 763. The molecule has 1 aliphatic rings. The first-order valence-electron chi connectivity index (χ1n) is 8.74. The SMILES string of the molecule is Cc1ccc(-n2[nH]c(C(=O)NCCCN3CCNCC3)cc2=O)cc1.Cl. The van der Waals surface area contributed by atoms with Gasteiger partial charge in [-0.05, 0) is 32.0 Å². The Hall–Kier alpha value is -2.09. The zero-order valence-electron chi connectivity index (χ0n) is 15.0. The summed E-state index contributed by atoms with van der Waals surface area (Å²) in [5, 5.41) is 9.08. The molecule has 1 saturated heterocycles. The summed E-state index contributed by atoms with van der Waals surface area (Å²) in [5.41, 5.74) is 1.88. The van der Waals surface area contributed by atoms with E-state index >= 15 is 0 Å². The van der Waals surface area contributed by atoms with Gasteiger partial charge in [-0.2, -0.15) is 0 Å². The van der Waals surface area contributed by atoms with Crippen LogP contribution in [0.2, 0.25) is 0 Å². The van der Waals surface area contributed by atoms with E-state index in [4.69, 9.17) is 0 Å². The number of carbonyl (C=O) groups excluding carboxylic acids is 1. The number of benzene rings is 1. The average molecular weight is 380 g/mol. The predicted molar refractivity (Wildman–Crippen MR) is 105 cm³/mol. The van der Waals surface area contributed by atoms with Crippen LogP contribution in [-0.2, 0) is 0 Å². The van der Waals surface area contributed by atoms with Crippen molar-refractivity contribution in [2.24, 2.45) is 0 Å². The van der Waals surface area contributed by atoms with Crippen LogP contribution in [0, 0.1) is 6.92 Å². The van der Waals surface area contributed by atoms with Gasteiger partial charge in [0.25, 0.3) is 11.5 Å². The third-order valence-corrected chi connectivity index (χ3v) is 4.40. The van der Waals surface area contributed by atoms with Gasteiger partial charge in [-0.1, -0.05) is 17.7 Å². The zero-order valence-corrected chi connectivity index (χ0v) is 15.8. The number of carbonyl (C=O) groups is 1. The summed E-state index contributed by atoms with van der Waals surface area (Å²) in [6.45, 7) is 7.73. The summed E-state index contributed by atoms with van der Waals surface area (Å²) in [6.07, 6.45) is 0.897. The molecule has 0 bridgehead atoms. The molecule has 0 spiro atoms. The van der Waals surface area contributed by atoms with Crippen molar-refractivity contribution in [3.8, 4) is 5.69 Å². The van der Waals surface area contributed by atoms with Gasteiger partial charge in [0.05, 0.1) is 5.69 Å². The number of nitrogens with zero attached hydrogens (tertiary/aromatic N) is 2. The zero-order chi connectivity index (χ0) is 17.6. The van der Waals surface area contributed by atoms with Crippen molar-refractivity contribution in [1.82, 2.24) is 25.3 Å². The van der Waals surface area contributed by atoms with E-state index in [2.05, 4.69) is 20.6 Å². The fourth-order valence-corrected chi connectivity index (χ4v) is 2.93. The second-order valence-electron chi connectivity index (χ2n) is 6.38. The highest BCUT2D eigenvalue weighted by Gasteiger charge is 2.12. The van der Waals surface area contributed by atoms with E-state index in [-0.39, 0.29) is 29.6 Å². The quantitative estimate of drug-likeness (QED) is 0.652. The number of rotatable bonds is 6. The highest BCUT2D eigenvalue weighted by molar-refractivity contribution is 5.92. The Balaban J connectivity index is 0.00000243. The lowest BCUT2D eigenvalue weighted by Crippen LogP contribution is -2.44. The number of amides is 1. The van der Waals surface area contributed by atoms with E-state index in [9.17, 15) is 9.59 Å². The molecular formula is C18H26ClN5O2. The molecule has 1 aromatic heterocycles. The molecular weight excluding hydrogens is 354 g/mol. The van der Waals surface area contributed by atoms with E-state index in [0.717, 1.165) is 44.7 Å². The van der Waals surface area contributed by atoms with Crippen LogP contribution in [0.25, 0.3) is 5.69 Å². The number of halogens is 1. The molecule has 3 N–H and O–H groups in total. The van der Waals surface area contributed by atoms with Gasteiger partial charge >= 0.3 is 0 Å². The summed E-state index contributed by atoms with van der Waals surface area (Å²) in [4.78, 5) is 26.7. The van der Waals surface area contributed by atoms with Crippen LogP contribution in [0.4, 0.5) is 0 Å². The minimum Gasteiger partial charge on any atom is -0.351 e. The molecule has 1 amide bonds. The van der Waals surface area contributed by atoms with Gasteiger partial charge in [-0.25, -0.2) is 4.68 Å². The maximum absolute atomic E-state index is 12.2. The van der Waals surface area contributed by atoms with Crippen molar-refractivity contribution in [3.05, 3.63) is 51.9 Å². The van der Waals surface area contributed by atoms with Crippen LogP contribution in [0.3, 0.4) is 0 Å². The summed E-state index contributed by atoms with van der Waals surface area (Å²) < 4.78 is 1.38. The van der Waals surface area contributed by atoms with Gasteiger partial charge in [0.15, 0.2) is 0 Å². The normalized spacial score (nSPS) is 14.7. The Morgan fingerprint density at radius 2 is 1.88 bits per heavy atom. The van der Waals surface area contributed by atoms with E-state index in [1.54, 1.807) is 0 Å². The van der Waals surface area contributed by atoms with Crippen molar-refractivity contribution < 1.29 is 4.79 Å². The highest BCUT2D eigenvalue weighted by atomic mass is 35.5. The molecule has 142 valence electrons. The third-order valence-electron chi connectivity index (χ3n) is 4.40. The highest BCUT2D eigenvalue weighted by Crippen LogP contribution is 2.06. The van der Waals surface area contributed by atoms with Gasteiger partial charge in [0.1, 0.15) is 5.69 Å². The molecule has 26 heavy (non-hydrogen) atoms. The summed E-state index contributed by atoms with van der Waals surface area (Å²) in [5.74, 6) is -0.247. The molecule has 7 nitrogen and oxygen atoms in total. The molecule has 0 unspecified atom stereocenters. The summed E-state index contributed by atoms with van der Waals surface area (Å²) in [7, 11) is 0. The summed E-state index contributed by atoms with van der Waals surface area (Å²) in [6, 6.07) is 8.90. The Kier molecular flexibility index (Phi) is 7.44. The predicted octanol–water partition coefficient (Wildman–Crippen LogP) is 0.921. The average Bonchev–Trinajstić information content (AvgIpc) is 3.02. The molecule has 8 heteroatoms. The number of piperazine rings is 1. The van der Waals surface area contributed by atoms with E-state index in [1.807, 2.05) is 31.2 Å². The van der Waals surface area contributed by atoms with Crippen LogP contribution in [0.15, 0.2) is 35.1 Å². The van der Waals surface area contributed by atoms with Crippen molar-refractivity contribution in [2.45, 2.75) is 13.3 Å². The number of hydrogen-bond donors (Lipinski definition) is 3. The number of H-pyrrole nitrogens is 1. The maximum atomic E-state index is 12.2. The minimum absolute atomic E-state index is 0. The lowest BCUT2D eigenvalue weighted by Gasteiger charge is -2.27. The van der Waals surface area contributed by atoms with Crippen molar-refractivity contribution >= 4 is 18.3 Å². The number of nitrogens with one attached hydrogen (secondary N) is 3. The first-order chi connectivity index (χ1) is 12.1. The standard InChI is InChI=1S/C18H25N5O2.ClH/c1-14-3-5-15(6-4-14)23-17(24)13-16(21-23)18(25)20-7-2-10-22-11-8-19-9-12-22;/h3-6,13,19,21H,2,7-12H2,1H3,(H,20,25);1H. The van der Waals surface area contributed by atoms with Crippen LogP contribution in [0.5, 0.6) is 0 Å². The smallest absolute Gasteiger partial charge is 0.271 e. The third kappa shape index (κ3) is 5.20. The Morgan fingerprint density at radius 1 is 1.19 bits per heavy atom. The second-order valence-corrected chi connectivity index (χ2v) is 6.38. The number of aryl methyl sites for hydroxylation is 1. The van der Waals surface area contributed by atoms with Crippen molar-refractivity contribution in [3.63, 3.8) is 0 Å². The van der Waals surface area contributed by atoms with Crippen LogP contribution in [-0.4, -0.2) is 59.9 Å². The fraction of sp³-hybridized carbons (Fsp3) is 0.444. The van der Waals surface area contributed by atoms with Gasteiger partial charge in [-0.15, -0.1) is 12.4 Å². The first kappa shape index (κ1) is 20.2. The monoisotopic (exact) mass is 379 g/mol. The minimum atomic E-state index is -0.247. The van der Waals surface area contributed by atoms with Gasteiger partial charge in [-0.3, -0.25) is 14.7 Å². The van der Waals surface area contributed by atoms with Gasteiger partial charge in [0.2, 0.25) is 0 Å². The molecule has 0 radical (unpaired) electrons. The van der Waals surface area contributed by atoms with Crippen molar-refractivity contribution in [1.29, 1.82) is 0 Å². The molecule has 0 atom stereocenters. The largest absolute Gasteiger partial charge is 0.351 e. The van der Waals surface area contributed by atoms with E-state index in [1.165, 1.54) is 10.7 Å². The van der Waals surface area contributed by atoms with Crippen LogP contribution in [0.1, 0.15) is 22.5 Å². The van der Waals surface area contributed by atoms with Gasteiger partial charge in [0, 0.05) is 38.8 Å². The molecule has 1 fully saturated rings. The molecule has 3 rings (SSSR count). The lowest BCUT2D eigenvalue weighted by molar-refractivity contribution is 0.0946. The number of aromatic nitrogens is 2. The first-order valence-corrected chi connectivity index (χ1v) is 8.74. The fourth-order valence-electron chi connectivity index (χ4n) is 2.93. The van der Waals surface area contributed by atoms with Gasteiger partial charge < -0.3 is 15.5 Å². The molecule has 2 aromatic rings. The number of aromatic amines is 1. The molecule has 0 saturated carbocycles. The van der Waals surface area contributed by atoms with Crippen LogP contribution >= 0.6 is 12.4 Å². The van der Waals surface area contributed by atoms with Crippen molar-refractivity contribution in [2.75, 3.05) is 39.3 Å². The molecule has 1 aliphatic heterocycles. The molecule has 0 aliphatic carbocycles. The lowest BCUT2D eigenvalue weighted by atomic mass is 10.2. The van der Waals surface area contributed by atoms with E-state index in [0.29, 0.717) is 12.2 Å². The Morgan fingerprint density at radius 3 is 2.58 bits per heavy atom. The topological polar surface area (TPSA) is 82.2 Å². The Labute approximate surface area is 159 Å². The molecule has 1 aromatic carbocycles. The maximum Gasteiger partial charge on any atom is 0.271 e. The van der Waals surface area contributed by atoms with E-state index < -0.39 is 0 Å². The number of hydrogen-bond acceptors (Lipinski definition) is 4.